The van der Waals surface area contributed by atoms with Gasteiger partial charge in [-0.25, -0.2) is 17.6 Å². The minimum Gasteiger partial charge on any atom is -0.329 e. The number of nitrogens with one attached hydrogen (secondary N) is 3. The summed E-state index contributed by atoms with van der Waals surface area (Å²) in [5.41, 5.74) is 0.956. The van der Waals surface area contributed by atoms with Gasteiger partial charge in [0.05, 0.1) is 26.2 Å². The molecule has 2 aromatic heterocycles. The van der Waals surface area contributed by atoms with Gasteiger partial charge < -0.3 is 15.3 Å². The molecule has 166 valence electrons. The van der Waals surface area contributed by atoms with Gasteiger partial charge in [-0.1, -0.05) is 6.07 Å². The van der Waals surface area contributed by atoms with E-state index in [9.17, 15) is 31.9 Å². The summed E-state index contributed by atoms with van der Waals surface area (Å²) in [6.45, 7) is -0.176. The van der Waals surface area contributed by atoms with Gasteiger partial charge in [-0.15, -0.1) is 12.4 Å². The van der Waals surface area contributed by atoms with Crippen molar-refractivity contribution in [3.05, 3.63) is 68.5 Å². The molecule has 12 heteroatoms. The van der Waals surface area contributed by atoms with Crippen LogP contribution in [0.2, 0.25) is 0 Å². The minimum atomic E-state index is -2.53. The van der Waals surface area contributed by atoms with Gasteiger partial charge >= 0.3 is 0 Å². The second-order valence-electron chi connectivity index (χ2n) is 6.63. The lowest BCUT2D eigenvalue weighted by molar-refractivity contribution is -0.133. The molecule has 7 nitrogen and oxygen atoms in total. The van der Waals surface area contributed by atoms with Crippen LogP contribution < -0.4 is 16.4 Å². The van der Waals surface area contributed by atoms with Crippen LogP contribution in [0.1, 0.15) is 15.9 Å². The van der Waals surface area contributed by atoms with Gasteiger partial charge in [-0.3, -0.25) is 19.3 Å². The van der Waals surface area contributed by atoms with Crippen molar-refractivity contribution >= 4 is 18.7 Å². The van der Waals surface area contributed by atoms with Crippen molar-refractivity contribution in [2.45, 2.75) is 18.4 Å². The molecule has 0 unspecified atom stereocenters. The highest BCUT2D eigenvalue weighted by Crippen LogP contribution is 2.27. The standard InChI is InChI=1S/C9H10F2N2O.C6H5NO2.C3H5F2N.ClH/c10-9(11)5-13(6-9)4-7-1-2-8(14)12-3-7;8-4-5-1-2-6(9)7-3-5;4-3(5)1-6-2-3;/h1-3H,4-6H2,(H,12,14);1-4H,(H,7,9);6H,1-2H2;1H. The molecule has 2 saturated heterocycles. The van der Waals surface area contributed by atoms with Crippen LogP contribution in [-0.2, 0) is 6.54 Å². The summed E-state index contributed by atoms with van der Waals surface area (Å²) in [6, 6.07) is 5.82. The summed E-state index contributed by atoms with van der Waals surface area (Å²) >= 11 is 0. The van der Waals surface area contributed by atoms with Crippen LogP contribution in [0.3, 0.4) is 0 Å². The van der Waals surface area contributed by atoms with Crippen molar-refractivity contribution in [1.29, 1.82) is 0 Å². The SMILES string of the molecule is Cl.FC1(F)CNC1.O=Cc1ccc(=O)[nH]c1.O=c1ccc(CN2CC(F)(F)C2)c[nH]1. The highest BCUT2D eigenvalue weighted by molar-refractivity contribution is 5.85. The first-order valence-corrected chi connectivity index (χ1v) is 8.59. The lowest BCUT2D eigenvalue weighted by atomic mass is 10.1. The Labute approximate surface area is 174 Å². The Bertz CT molecular complexity index is 881. The van der Waals surface area contributed by atoms with E-state index in [1.54, 1.807) is 17.2 Å². The normalized spacial score (nSPS) is 18.0. The number of halogens is 5. The fourth-order valence-corrected chi connectivity index (χ4v) is 2.33. The van der Waals surface area contributed by atoms with Gasteiger partial charge in [-0.05, 0) is 11.6 Å². The summed E-state index contributed by atoms with van der Waals surface area (Å²) in [4.78, 5) is 37.6. The number of hydrogen-bond donors (Lipinski definition) is 3. The fourth-order valence-electron chi connectivity index (χ4n) is 2.33. The van der Waals surface area contributed by atoms with Crippen LogP contribution >= 0.6 is 12.4 Å². The van der Waals surface area contributed by atoms with Crippen LogP contribution in [0.5, 0.6) is 0 Å². The molecule has 0 aromatic carbocycles. The molecule has 4 heterocycles. The molecule has 3 N–H and O–H groups in total. The Hall–Kier alpha value is -2.50. The van der Waals surface area contributed by atoms with Gasteiger partial charge in [0.1, 0.15) is 0 Å². The second kappa shape index (κ2) is 11.0. The van der Waals surface area contributed by atoms with Crippen molar-refractivity contribution in [1.82, 2.24) is 20.2 Å². The highest BCUT2D eigenvalue weighted by Gasteiger charge is 2.43. The number of aromatic nitrogens is 2. The van der Waals surface area contributed by atoms with Crippen molar-refractivity contribution < 1.29 is 22.4 Å². The average molecular weight is 453 g/mol. The average Bonchev–Trinajstić information content (AvgIpc) is 2.63. The molecule has 2 fully saturated rings. The minimum absolute atomic E-state index is 0. The number of hydrogen-bond acceptors (Lipinski definition) is 5. The van der Waals surface area contributed by atoms with Gasteiger partial charge in [0.2, 0.25) is 11.1 Å². The Morgan fingerprint density at radius 2 is 1.43 bits per heavy atom. The summed E-state index contributed by atoms with van der Waals surface area (Å²) < 4.78 is 47.9. The fraction of sp³-hybridized carbons (Fsp3) is 0.389. The number of aldehydes is 1. The number of pyridine rings is 2. The maximum atomic E-state index is 12.5. The third kappa shape index (κ3) is 8.89. The molecule has 0 amide bonds. The third-order valence-corrected chi connectivity index (χ3v) is 3.88. The topological polar surface area (TPSA) is 98.1 Å². The lowest BCUT2D eigenvalue weighted by Gasteiger charge is -2.38. The van der Waals surface area contributed by atoms with E-state index >= 15 is 0 Å². The van der Waals surface area contributed by atoms with Crippen LogP contribution in [0.4, 0.5) is 17.6 Å². The quantitative estimate of drug-likeness (QED) is 0.486. The Balaban J connectivity index is 0.000000242. The first-order valence-electron chi connectivity index (χ1n) is 8.59. The lowest BCUT2D eigenvalue weighted by Crippen LogP contribution is -2.55. The van der Waals surface area contributed by atoms with Crippen LogP contribution in [0, 0.1) is 0 Å². The zero-order valence-electron chi connectivity index (χ0n) is 15.7. The van der Waals surface area contributed by atoms with Crippen molar-refractivity contribution in [3.8, 4) is 0 Å². The summed E-state index contributed by atoms with van der Waals surface area (Å²) in [7, 11) is 0. The van der Waals surface area contributed by atoms with E-state index < -0.39 is 11.8 Å². The van der Waals surface area contributed by atoms with E-state index in [0.717, 1.165) is 5.56 Å². The van der Waals surface area contributed by atoms with E-state index in [2.05, 4.69) is 15.3 Å². The summed E-state index contributed by atoms with van der Waals surface area (Å²) in [5.74, 6) is -4.91. The van der Waals surface area contributed by atoms with Crippen LogP contribution in [0.25, 0.3) is 0 Å². The van der Waals surface area contributed by atoms with E-state index in [-0.39, 0.29) is 49.7 Å². The molecule has 4 rings (SSSR count). The number of H-pyrrole nitrogens is 2. The van der Waals surface area contributed by atoms with E-state index in [0.29, 0.717) is 18.4 Å². The molecule has 0 saturated carbocycles. The molecule has 2 aliphatic heterocycles. The van der Waals surface area contributed by atoms with Crippen LogP contribution in [0.15, 0.2) is 46.2 Å². The molecule has 0 atom stereocenters. The largest absolute Gasteiger partial charge is 0.329 e. The molecule has 2 aliphatic rings. The van der Waals surface area contributed by atoms with E-state index in [4.69, 9.17) is 0 Å². The number of carbonyl (C=O) groups is 1. The number of nitrogens with zero attached hydrogens (tertiary/aromatic N) is 1. The zero-order valence-corrected chi connectivity index (χ0v) is 16.5. The summed E-state index contributed by atoms with van der Waals surface area (Å²) in [5, 5.41) is 2.45. The molecule has 0 aliphatic carbocycles. The number of carbonyl (C=O) groups excluding carboxylic acids is 1. The van der Waals surface area contributed by atoms with Gasteiger partial charge in [0, 0.05) is 36.6 Å². The monoisotopic (exact) mass is 452 g/mol. The van der Waals surface area contributed by atoms with E-state index in [1.165, 1.54) is 24.4 Å². The molecule has 2 aromatic rings. The molecule has 0 bridgehead atoms. The first-order chi connectivity index (χ1) is 13.6. The van der Waals surface area contributed by atoms with Gasteiger partial charge in [0.25, 0.3) is 11.8 Å². The maximum absolute atomic E-state index is 12.5. The van der Waals surface area contributed by atoms with Crippen molar-refractivity contribution in [3.63, 3.8) is 0 Å². The zero-order chi connectivity index (χ0) is 21.5. The summed E-state index contributed by atoms with van der Waals surface area (Å²) in [6.07, 6.45) is 3.60. The molecule has 30 heavy (non-hydrogen) atoms. The second-order valence-corrected chi connectivity index (χ2v) is 6.63. The number of likely N-dealkylation sites (tertiary alicyclic amines) is 1. The van der Waals surface area contributed by atoms with Crippen molar-refractivity contribution in [2.75, 3.05) is 26.2 Å². The Kier molecular flexibility index (Phi) is 9.40. The predicted octanol–water partition coefficient (Wildman–Crippen LogP) is 1.66. The predicted molar refractivity (Wildman–Crippen MR) is 105 cm³/mol. The number of aromatic amines is 2. The first kappa shape index (κ1) is 25.5. The van der Waals surface area contributed by atoms with E-state index in [1.807, 2.05) is 0 Å². The number of rotatable bonds is 3. The highest BCUT2D eigenvalue weighted by atomic mass is 35.5. The smallest absolute Gasteiger partial charge is 0.272 e. The Morgan fingerprint density at radius 3 is 1.77 bits per heavy atom. The molecular weight excluding hydrogens is 432 g/mol. The maximum Gasteiger partial charge on any atom is 0.272 e. The number of alkyl halides is 4. The third-order valence-electron chi connectivity index (χ3n) is 3.88. The molecular formula is C18H21ClF4N4O3. The van der Waals surface area contributed by atoms with Crippen molar-refractivity contribution in [2.24, 2.45) is 0 Å². The Morgan fingerprint density at radius 1 is 0.900 bits per heavy atom. The van der Waals surface area contributed by atoms with Gasteiger partial charge in [-0.2, -0.15) is 0 Å². The van der Waals surface area contributed by atoms with Crippen LogP contribution in [-0.4, -0.2) is 59.2 Å². The molecule has 0 spiro atoms. The van der Waals surface area contributed by atoms with Gasteiger partial charge in [0.15, 0.2) is 6.29 Å². The molecule has 0 radical (unpaired) electrons.